The Morgan fingerprint density at radius 3 is 2.61 bits per heavy atom. The Morgan fingerprint density at radius 1 is 1.50 bits per heavy atom. The van der Waals surface area contributed by atoms with Crippen molar-refractivity contribution in [1.82, 2.24) is 5.32 Å². The Bertz CT molecular complexity index is 471. The molecule has 0 heterocycles. The topological polar surface area (TPSA) is 72.2 Å². The van der Waals surface area contributed by atoms with Crippen LogP contribution in [0, 0.1) is 0 Å². The summed E-state index contributed by atoms with van der Waals surface area (Å²) in [5.41, 5.74) is 6.21. The molecule has 1 aromatic carbocycles. The largest absolute Gasteiger partial charge is 0.397 e. The third-order valence-electron chi connectivity index (χ3n) is 2.18. The number of nitrogens with one attached hydrogen (secondary N) is 1. The van der Waals surface area contributed by atoms with Crippen LogP contribution in [-0.4, -0.2) is 28.2 Å². The maximum absolute atomic E-state index is 11.9. The molecule has 100 valence electrons. The van der Waals surface area contributed by atoms with Crippen LogP contribution in [0.2, 0.25) is 10.0 Å². The summed E-state index contributed by atoms with van der Waals surface area (Å²) < 4.78 is 11.0. The van der Waals surface area contributed by atoms with Gasteiger partial charge in [0.2, 0.25) is 0 Å². The molecule has 0 spiro atoms. The number of hydrogen-bond donors (Lipinski definition) is 2. The lowest BCUT2D eigenvalue weighted by molar-refractivity contribution is 0.0944. The first-order chi connectivity index (χ1) is 8.31. The highest BCUT2D eigenvalue weighted by molar-refractivity contribution is 7.84. The van der Waals surface area contributed by atoms with Gasteiger partial charge in [-0.2, -0.15) is 0 Å². The fraction of sp³-hybridized carbons (Fsp3) is 0.364. The summed E-state index contributed by atoms with van der Waals surface area (Å²) in [5.74, 6) is 0.0703. The van der Waals surface area contributed by atoms with Crippen LogP contribution in [0.25, 0.3) is 0 Å². The molecule has 1 amide bonds. The first-order valence-corrected chi connectivity index (χ1v) is 7.65. The molecule has 0 saturated carbocycles. The van der Waals surface area contributed by atoms with Crippen molar-refractivity contribution >= 4 is 45.6 Å². The van der Waals surface area contributed by atoms with Crippen molar-refractivity contribution in [3.63, 3.8) is 0 Å². The molecule has 0 aliphatic carbocycles. The molecule has 2 unspecified atom stereocenters. The predicted molar refractivity (Wildman–Crippen MR) is 76.7 cm³/mol. The molecule has 0 aromatic heterocycles. The third kappa shape index (κ3) is 4.15. The van der Waals surface area contributed by atoms with Gasteiger partial charge >= 0.3 is 0 Å². The quantitative estimate of drug-likeness (QED) is 0.836. The number of carbonyl (C=O) groups excluding carboxylic acids is 1. The molecule has 1 rings (SSSR count). The van der Waals surface area contributed by atoms with Crippen LogP contribution in [0.3, 0.4) is 0 Å². The Kier molecular flexibility index (Phi) is 5.44. The third-order valence-corrected chi connectivity index (χ3v) is 3.97. The van der Waals surface area contributed by atoms with Crippen LogP contribution >= 0.6 is 23.2 Å². The van der Waals surface area contributed by atoms with Gasteiger partial charge in [0.1, 0.15) is 0 Å². The Balaban J connectivity index is 2.82. The number of rotatable bonds is 4. The second-order valence-corrected chi connectivity index (χ2v) is 6.24. The molecular weight excluding hydrogens is 295 g/mol. The highest BCUT2D eigenvalue weighted by Crippen LogP contribution is 2.29. The lowest BCUT2D eigenvalue weighted by Gasteiger charge is -2.13. The summed E-state index contributed by atoms with van der Waals surface area (Å²) in [4.78, 5) is 11.9. The molecule has 2 atom stereocenters. The predicted octanol–water partition coefficient (Wildman–Crippen LogP) is 2.07. The summed E-state index contributed by atoms with van der Waals surface area (Å²) in [5, 5.41) is 3.17. The number of amides is 1. The van der Waals surface area contributed by atoms with Crippen LogP contribution in [0.5, 0.6) is 0 Å². The van der Waals surface area contributed by atoms with E-state index in [2.05, 4.69) is 5.32 Å². The average Bonchev–Trinajstić information content (AvgIpc) is 2.23. The smallest absolute Gasteiger partial charge is 0.251 e. The molecule has 0 radical (unpaired) electrons. The number of benzene rings is 1. The fourth-order valence-corrected chi connectivity index (χ4v) is 2.57. The van der Waals surface area contributed by atoms with E-state index < -0.39 is 10.8 Å². The molecule has 0 bridgehead atoms. The van der Waals surface area contributed by atoms with Gasteiger partial charge in [-0.05, 0) is 19.1 Å². The van der Waals surface area contributed by atoms with E-state index in [9.17, 15) is 9.00 Å². The normalized spacial score (nSPS) is 14.0. The fourth-order valence-electron chi connectivity index (χ4n) is 1.44. The number of hydrogen-bond acceptors (Lipinski definition) is 3. The molecule has 0 aliphatic heterocycles. The maximum atomic E-state index is 11.9. The van der Waals surface area contributed by atoms with E-state index >= 15 is 0 Å². The number of carbonyl (C=O) groups is 1. The van der Waals surface area contributed by atoms with Gasteiger partial charge in [0.05, 0.1) is 15.7 Å². The highest BCUT2D eigenvalue weighted by atomic mass is 35.5. The second-order valence-electron chi connectivity index (χ2n) is 3.98. The summed E-state index contributed by atoms with van der Waals surface area (Å²) in [6, 6.07) is 2.71. The van der Waals surface area contributed by atoms with E-state index in [1.165, 1.54) is 12.1 Å². The zero-order valence-corrected chi connectivity index (χ0v) is 12.3. The van der Waals surface area contributed by atoms with Crippen LogP contribution in [0.1, 0.15) is 17.3 Å². The van der Waals surface area contributed by atoms with E-state index in [0.717, 1.165) is 0 Å². The molecule has 7 heteroatoms. The van der Waals surface area contributed by atoms with E-state index in [4.69, 9.17) is 28.9 Å². The summed E-state index contributed by atoms with van der Waals surface area (Å²) in [7, 11) is -0.968. The summed E-state index contributed by atoms with van der Waals surface area (Å²) in [6.07, 6.45) is 1.58. The van der Waals surface area contributed by atoms with Gasteiger partial charge in [-0.15, -0.1) is 0 Å². The minimum absolute atomic E-state index is 0.195. The minimum atomic E-state index is -0.968. The standard InChI is InChI=1S/C11H14Cl2N2O2S/c1-6(5-18(2)17)15-11(16)7-3-8(12)10(13)9(14)4-7/h3-4,6H,5,14H2,1-2H3,(H,15,16). The monoisotopic (exact) mass is 308 g/mol. The summed E-state index contributed by atoms with van der Waals surface area (Å²) in [6.45, 7) is 1.78. The van der Waals surface area contributed by atoms with Crippen LogP contribution in [-0.2, 0) is 10.8 Å². The van der Waals surface area contributed by atoms with E-state index in [0.29, 0.717) is 11.3 Å². The van der Waals surface area contributed by atoms with Gasteiger partial charge in [-0.3, -0.25) is 9.00 Å². The number of anilines is 1. The highest BCUT2D eigenvalue weighted by Gasteiger charge is 2.14. The number of nitrogens with two attached hydrogens (primary N) is 1. The molecule has 4 nitrogen and oxygen atoms in total. The van der Waals surface area contributed by atoms with Crippen molar-refractivity contribution in [3.05, 3.63) is 27.7 Å². The lowest BCUT2D eigenvalue weighted by atomic mass is 10.2. The lowest BCUT2D eigenvalue weighted by Crippen LogP contribution is -2.36. The summed E-state index contributed by atoms with van der Waals surface area (Å²) >= 11 is 11.6. The molecule has 18 heavy (non-hydrogen) atoms. The van der Waals surface area contributed by atoms with Gasteiger partial charge in [-0.25, -0.2) is 0 Å². The van der Waals surface area contributed by atoms with Gasteiger partial charge < -0.3 is 11.1 Å². The molecule has 0 aliphatic rings. The van der Waals surface area contributed by atoms with Crippen molar-refractivity contribution in [2.75, 3.05) is 17.7 Å². The van der Waals surface area contributed by atoms with Crippen LogP contribution in [0.15, 0.2) is 12.1 Å². The van der Waals surface area contributed by atoms with Gasteiger partial charge in [-0.1, -0.05) is 23.2 Å². The Hall–Kier alpha value is -0.780. The van der Waals surface area contributed by atoms with E-state index in [1.807, 2.05) is 0 Å². The maximum Gasteiger partial charge on any atom is 0.251 e. The number of halogens is 2. The SMILES string of the molecule is CC(CS(C)=O)NC(=O)c1cc(N)c(Cl)c(Cl)c1. The van der Waals surface area contributed by atoms with Crippen molar-refractivity contribution in [3.8, 4) is 0 Å². The number of nitrogen functional groups attached to an aromatic ring is 1. The second kappa shape index (κ2) is 6.41. The molecule has 0 fully saturated rings. The first kappa shape index (κ1) is 15.3. The molecule has 1 aromatic rings. The minimum Gasteiger partial charge on any atom is -0.397 e. The van der Waals surface area contributed by atoms with Crippen molar-refractivity contribution < 1.29 is 9.00 Å². The van der Waals surface area contributed by atoms with E-state index in [-0.39, 0.29) is 27.7 Å². The van der Waals surface area contributed by atoms with Crippen molar-refractivity contribution in [2.24, 2.45) is 0 Å². The Morgan fingerprint density at radius 2 is 2.11 bits per heavy atom. The van der Waals surface area contributed by atoms with Gasteiger partial charge in [0.25, 0.3) is 5.91 Å². The zero-order valence-electron chi connectivity index (χ0n) is 10.00. The van der Waals surface area contributed by atoms with E-state index in [1.54, 1.807) is 13.2 Å². The Labute approximate surface area is 118 Å². The van der Waals surface area contributed by atoms with Crippen molar-refractivity contribution in [2.45, 2.75) is 13.0 Å². The first-order valence-electron chi connectivity index (χ1n) is 5.16. The van der Waals surface area contributed by atoms with Gasteiger partial charge in [0, 0.05) is 34.4 Å². The van der Waals surface area contributed by atoms with Gasteiger partial charge in [0.15, 0.2) is 0 Å². The van der Waals surface area contributed by atoms with Crippen molar-refractivity contribution in [1.29, 1.82) is 0 Å². The van der Waals surface area contributed by atoms with Crippen LogP contribution < -0.4 is 11.1 Å². The molecular formula is C11H14Cl2N2O2S. The van der Waals surface area contributed by atoms with Crippen LogP contribution in [0.4, 0.5) is 5.69 Å². The zero-order chi connectivity index (χ0) is 13.9. The molecule has 3 N–H and O–H groups in total. The molecule has 0 saturated heterocycles. The average molecular weight is 309 g/mol.